The van der Waals surface area contributed by atoms with E-state index in [0.29, 0.717) is 0 Å². The molecular weight excluding hydrogens is 91.1 g/mol. The highest BCUT2D eigenvalue weighted by molar-refractivity contribution is 5.23. The van der Waals surface area contributed by atoms with Crippen molar-refractivity contribution < 1.29 is 4.39 Å². The van der Waals surface area contributed by atoms with Gasteiger partial charge in [-0.05, 0) is 0 Å². The van der Waals surface area contributed by atoms with Crippen molar-refractivity contribution in [2.45, 2.75) is 0 Å². The quantitative estimate of drug-likeness (QED) is 0.402. The zero-order valence-electron chi connectivity index (χ0n) is 3.69. The smallest absolute Gasteiger partial charge is 0.164 e. The van der Waals surface area contributed by atoms with Crippen molar-refractivity contribution in [1.82, 2.24) is 0 Å². The van der Waals surface area contributed by atoms with Crippen molar-refractivity contribution in [2.24, 2.45) is 0 Å². The monoisotopic (exact) mass is 95.0 g/mol. The minimum atomic E-state index is -0.303. The van der Waals surface area contributed by atoms with Crippen LogP contribution in [0, 0.1) is 6.08 Å². The van der Waals surface area contributed by atoms with Crippen LogP contribution in [0.1, 0.15) is 0 Å². The van der Waals surface area contributed by atoms with Crippen LogP contribution in [-0.2, 0) is 0 Å². The third kappa shape index (κ3) is 0.951. The van der Waals surface area contributed by atoms with E-state index in [4.69, 9.17) is 0 Å². The SMILES string of the molecule is FC1=CC=CC=[C+]1. The summed E-state index contributed by atoms with van der Waals surface area (Å²) in [6.45, 7) is 0. The third-order valence-corrected chi connectivity index (χ3v) is 0.671. The second kappa shape index (κ2) is 1.67. The summed E-state index contributed by atoms with van der Waals surface area (Å²) in [6, 6.07) is 0. The molecular formula is C6H4F+. The van der Waals surface area contributed by atoms with Crippen molar-refractivity contribution in [1.29, 1.82) is 0 Å². The van der Waals surface area contributed by atoms with Crippen molar-refractivity contribution in [3.05, 3.63) is 36.2 Å². The standard InChI is InChI=1S/C6H4F/c7-6-4-2-1-3-5-6/h1-4H/q+1. The van der Waals surface area contributed by atoms with Crippen LogP contribution in [0.5, 0.6) is 0 Å². The van der Waals surface area contributed by atoms with Gasteiger partial charge in [0.25, 0.3) is 5.83 Å². The lowest BCUT2D eigenvalue weighted by Gasteiger charge is -1.72. The van der Waals surface area contributed by atoms with Gasteiger partial charge in [-0.1, -0.05) is 0 Å². The highest BCUT2D eigenvalue weighted by atomic mass is 19.1. The Morgan fingerprint density at radius 1 is 1.43 bits per heavy atom. The summed E-state index contributed by atoms with van der Waals surface area (Å²) in [7, 11) is 0. The molecule has 7 heavy (non-hydrogen) atoms. The molecule has 0 atom stereocenters. The van der Waals surface area contributed by atoms with Gasteiger partial charge in [-0.25, -0.2) is 0 Å². The summed E-state index contributed by atoms with van der Waals surface area (Å²) in [4.78, 5) is 0. The lowest BCUT2D eigenvalue weighted by atomic mass is 10.3. The van der Waals surface area contributed by atoms with E-state index in [2.05, 4.69) is 6.08 Å². The zero-order chi connectivity index (χ0) is 5.11. The van der Waals surface area contributed by atoms with E-state index in [0.717, 1.165) is 0 Å². The summed E-state index contributed by atoms with van der Waals surface area (Å²) in [5.74, 6) is -0.303. The molecule has 1 heteroatoms. The van der Waals surface area contributed by atoms with Gasteiger partial charge >= 0.3 is 0 Å². The van der Waals surface area contributed by atoms with Crippen LogP contribution < -0.4 is 0 Å². The number of halogens is 1. The second-order valence-corrected chi connectivity index (χ2v) is 1.21. The van der Waals surface area contributed by atoms with Crippen molar-refractivity contribution in [2.75, 3.05) is 0 Å². The molecule has 0 heterocycles. The van der Waals surface area contributed by atoms with Gasteiger partial charge in [-0.15, -0.1) is 0 Å². The fraction of sp³-hybridized carbons (Fsp3) is 0. The highest BCUT2D eigenvalue weighted by Gasteiger charge is 1.96. The Morgan fingerprint density at radius 3 is 2.57 bits per heavy atom. The van der Waals surface area contributed by atoms with Crippen molar-refractivity contribution >= 4 is 0 Å². The number of allylic oxidation sites excluding steroid dienone is 6. The van der Waals surface area contributed by atoms with Crippen LogP contribution >= 0.6 is 0 Å². The summed E-state index contributed by atoms with van der Waals surface area (Å²) in [6.07, 6.45) is 8.62. The largest absolute Gasteiger partial charge is 0.285 e. The maximum Gasteiger partial charge on any atom is 0.285 e. The minimum Gasteiger partial charge on any atom is -0.164 e. The van der Waals surface area contributed by atoms with Crippen LogP contribution in [0.2, 0.25) is 0 Å². The molecule has 0 spiro atoms. The molecule has 0 bridgehead atoms. The summed E-state index contributed by atoms with van der Waals surface area (Å²) >= 11 is 0. The lowest BCUT2D eigenvalue weighted by molar-refractivity contribution is 0.659. The van der Waals surface area contributed by atoms with E-state index in [-0.39, 0.29) is 5.83 Å². The fourth-order valence-corrected chi connectivity index (χ4v) is 0.371. The molecule has 0 fully saturated rings. The molecule has 0 nitrogen and oxygen atoms in total. The van der Waals surface area contributed by atoms with Gasteiger partial charge < -0.3 is 0 Å². The first-order valence-electron chi connectivity index (χ1n) is 2.02. The Labute approximate surface area is 41.7 Å². The Morgan fingerprint density at radius 2 is 2.29 bits per heavy atom. The molecule has 1 aliphatic rings. The molecule has 0 unspecified atom stereocenters. The topological polar surface area (TPSA) is 0 Å². The van der Waals surface area contributed by atoms with Gasteiger partial charge in [0.1, 0.15) is 6.08 Å². The fourth-order valence-electron chi connectivity index (χ4n) is 0.371. The van der Waals surface area contributed by atoms with E-state index >= 15 is 0 Å². The minimum absolute atomic E-state index is 0.303. The average molecular weight is 95.1 g/mol. The van der Waals surface area contributed by atoms with E-state index < -0.39 is 0 Å². The highest BCUT2D eigenvalue weighted by Crippen LogP contribution is 2.01. The van der Waals surface area contributed by atoms with Gasteiger partial charge in [0.15, 0.2) is 0 Å². The molecule has 1 aliphatic carbocycles. The number of hydrogen-bond acceptors (Lipinski definition) is 0. The lowest BCUT2D eigenvalue weighted by Crippen LogP contribution is -1.67. The second-order valence-electron chi connectivity index (χ2n) is 1.21. The Balaban J connectivity index is 2.82. The van der Waals surface area contributed by atoms with Crippen LogP contribution in [0.15, 0.2) is 30.1 Å². The number of rotatable bonds is 0. The first-order chi connectivity index (χ1) is 3.39. The predicted octanol–water partition coefficient (Wildman–Crippen LogP) is 1.77. The molecule has 0 saturated carbocycles. The van der Waals surface area contributed by atoms with Gasteiger partial charge in [0, 0.05) is 6.08 Å². The van der Waals surface area contributed by atoms with Gasteiger partial charge in [0.05, 0.1) is 18.2 Å². The van der Waals surface area contributed by atoms with Crippen LogP contribution in [0.3, 0.4) is 0 Å². The normalized spacial score (nSPS) is 15.9. The zero-order valence-corrected chi connectivity index (χ0v) is 3.69. The third-order valence-electron chi connectivity index (χ3n) is 0.671. The first kappa shape index (κ1) is 4.23. The average Bonchev–Trinajstić information content (AvgIpc) is 1.69. The molecule has 0 aromatic carbocycles. The maximum atomic E-state index is 11.9. The Hall–Kier alpha value is -0.940. The van der Waals surface area contributed by atoms with E-state index in [1.165, 1.54) is 12.2 Å². The molecule has 0 radical (unpaired) electrons. The molecule has 1 rings (SSSR count). The van der Waals surface area contributed by atoms with Gasteiger partial charge in [0.2, 0.25) is 0 Å². The van der Waals surface area contributed by atoms with Gasteiger partial charge in [-0.2, -0.15) is 4.39 Å². The predicted molar refractivity (Wildman–Crippen MR) is 26.1 cm³/mol. The Bertz CT molecular complexity index is 140. The molecule has 0 N–H and O–H groups in total. The summed E-state index contributed by atoms with van der Waals surface area (Å²) in [5, 5.41) is 0. The van der Waals surface area contributed by atoms with Crippen molar-refractivity contribution in [3.63, 3.8) is 0 Å². The number of hydrogen-bond donors (Lipinski definition) is 0. The summed E-state index contributed by atoms with van der Waals surface area (Å²) in [5.41, 5.74) is 0. The van der Waals surface area contributed by atoms with Gasteiger partial charge in [-0.3, -0.25) is 0 Å². The van der Waals surface area contributed by atoms with Crippen LogP contribution in [0.25, 0.3) is 0 Å². The summed E-state index contributed by atoms with van der Waals surface area (Å²) < 4.78 is 11.9. The molecule has 0 saturated heterocycles. The van der Waals surface area contributed by atoms with E-state index in [9.17, 15) is 4.39 Å². The van der Waals surface area contributed by atoms with E-state index in [1.54, 1.807) is 12.2 Å². The molecule has 0 aromatic heterocycles. The van der Waals surface area contributed by atoms with Crippen LogP contribution in [0.4, 0.5) is 4.39 Å². The molecule has 34 valence electrons. The maximum absolute atomic E-state index is 11.9. The van der Waals surface area contributed by atoms with Crippen LogP contribution in [-0.4, -0.2) is 0 Å². The first-order valence-corrected chi connectivity index (χ1v) is 2.02. The molecule has 0 amide bonds. The van der Waals surface area contributed by atoms with E-state index in [1.807, 2.05) is 0 Å². The molecule has 0 aromatic rings. The Kier molecular flexibility index (Phi) is 1.01. The van der Waals surface area contributed by atoms with Crippen molar-refractivity contribution in [3.8, 4) is 0 Å². The molecule has 0 aliphatic heterocycles.